The van der Waals surface area contributed by atoms with Crippen molar-refractivity contribution < 1.29 is 4.79 Å². The molecular weight excluding hydrogens is 362 g/mol. The number of anilines is 1. The van der Waals surface area contributed by atoms with Gasteiger partial charge in [0.15, 0.2) is 0 Å². The van der Waals surface area contributed by atoms with E-state index < -0.39 is 0 Å². The molecule has 0 bridgehead atoms. The summed E-state index contributed by atoms with van der Waals surface area (Å²) in [4.78, 5) is 12.7. The highest BCUT2D eigenvalue weighted by Gasteiger charge is 2.22. The van der Waals surface area contributed by atoms with Crippen LogP contribution >= 0.6 is 11.8 Å². The lowest BCUT2D eigenvalue weighted by Gasteiger charge is -2.13. The molecule has 0 aliphatic carbocycles. The molecule has 1 aromatic carbocycles. The van der Waals surface area contributed by atoms with Crippen LogP contribution in [0.25, 0.3) is 5.69 Å². The Morgan fingerprint density at radius 1 is 1.22 bits per heavy atom. The molecule has 0 spiro atoms. The summed E-state index contributed by atoms with van der Waals surface area (Å²) < 4.78 is 3.43. The van der Waals surface area contributed by atoms with Crippen LogP contribution in [0.5, 0.6) is 0 Å². The smallest absolute Gasteiger partial charge is 0.237 e. The minimum atomic E-state index is -0.376. The van der Waals surface area contributed by atoms with Gasteiger partial charge in [0.05, 0.1) is 28.0 Å². The second kappa shape index (κ2) is 7.51. The maximum absolute atomic E-state index is 12.7. The highest BCUT2D eigenvalue weighted by atomic mass is 32.2. The molecule has 1 atom stereocenters. The van der Waals surface area contributed by atoms with E-state index in [0.29, 0.717) is 5.16 Å². The van der Waals surface area contributed by atoms with Crippen LogP contribution in [0, 0.1) is 27.7 Å². The number of carbonyl (C=O) groups is 1. The van der Waals surface area contributed by atoms with Crippen LogP contribution in [0.1, 0.15) is 29.4 Å². The molecule has 142 valence electrons. The van der Waals surface area contributed by atoms with Crippen molar-refractivity contribution in [2.24, 2.45) is 7.05 Å². The van der Waals surface area contributed by atoms with Crippen molar-refractivity contribution >= 4 is 23.4 Å². The monoisotopic (exact) mass is 385 g/mol. The van der Waals surface area contributed by atoms with Gasteiger partial charge in [0.2, 0.25) is 11.1 Å². The standard InChI is InChI=1S/C18H23N7OS/c1-10-7-8-11(2)15(9-10)25-18(20-22-23-25)27-14(5)17(26)19-16-12(3)21-24(6)13(16)4/h7-9,14H,1-6H3,(H,19,26)/t14-/m1/s1. The fourth-order valence-electron chi connectivity index (χ4n) is 2.74. The van der Waals surface area contributed by atoms with E-state index in [1.807, 2.05) is 59.9 Å². The second-order valence-electron chi connectivity index (χ2n) is 6.58. The molecule has 0 saturated carbocycles. The number of benzene rings is 1. The molecule has 2 aromatic heterocycles. The van der Waals surface area contributed by atoms with Gasteiger partial charge in [-0.25, -0.2) is 0 Å². The van der Waals surface area contributed by atoms with Crippen LogP contribution < -0.4 is 5.32 Å². The fraction of sp³-hybridized carbons (Fsp3) is 0.389. The van der Waals surface area contributed by atoms with Gasteiger partial charge in [-0.3, -0.25) is 9.48 Å². The van der Waals surface area contributed by atoms with Gasteiger partial charge >= 0.3 is 0 Å². The van der Waals surface area contributed by atoms with Crippen LogP contribution in [0.15, 0.2) is 23.4 Å². The third-order valence-electron chi connectivity index (χ3n) is 4.44. The summed E-state index contributed by atoms with van der Waals surface area (Å²) in [7, 11) is 1.86. The Hall–Kier alpha value is -2.68. The summed E-state index contributed by atoms with van der Waals surface area (Å²) in [6.45, 7) is 9.67. The van der Waals surface area contributed by atoms with E-state index in [1.54, 1.807) is 9.36 Å². The van der Waals surface area contributed by atoms with Crippen molar-refractivity contribution in [1.29, 1.82) is 0 Å². The Morgan fingerprint density at radius 3 is 2.63 bits per heavy atom. The van der Waals surface area contributed by atoms with Crippen molar-refractivity contribution in [3.8, 4) is 5.69 Å². The van der Waals surface area contributed by atoms with Gasteiger partial charge in [-0.2, -0.15) is 9.78 Å². The van der Waals surface area contributed by atoms with E-state index in [9.17, 15) is 4.79 Å². The molecule has 3 rings (SSSR count). The average molecular weight is 385 g/mol. The van der Waals surface area contributed by atoms with Gasteiger partial charge < -0.3 is 5.32 Å². The molecule has 0 radical (unpaired) electrons. The second-order valence-corrected chi connectivity index (χ2v) is 7.89. The van der Waals surface area contributed by atoms with Crippen LogP contribution in [0.3, 0.4) is 0 Å². The van der Waals surface area contributed by atoms with Gasteiger partial charge in [-0.1, -0.05) is 23.9 Å². The summed E-state index contributed by atoms with van der Waals surface area (Å²) in [5.41, 5.74) is 5.56. The van der Waals surface area contributed by atoms with Crippen LogP contribution in [0.2, 0.25) is 0 Å². The van der Waals surface area contributed by atoms with Gasteiger partial charge in [-0.05, 0) is 62.2 Å². The first-order valence-corrected chi connectivity index (χ1v) is 9.49. The van der Waals surface area contributed by atoms with Gasteiger partial charge in [0.25, 0.3) is 0 Å². The molecule has 8 nitrogen and oxygen atoms in total. The lowest BCUT2D eigenvalue weighted by atomic mass is 10.1. The number of nitrogens with one attached hydrogen (secondary N) is 1. The maximum atomic E-state index is 12.7. The first-order chi connectivity index (χ1) is 12.8. The zero-order valence-electron chi connectivity index (χ0n) is 16.3. The number of rotatable bonds is 5. The third-order valence-corrected chi connectivity index (χ3v) is 5.48. The number of carbonyl (C=O) groups excluding carboxylic acids is 1. The van der Waals surface area contributed by atoms with E-state index in [1.165, 1.54) is 11.8 Å². The molecule has 0 fully saturated rings. The minimum absolute atomic E-state index is 0.116. The highest BCUT2D eigenvalue weighted by molar-refractivity contribution is 8.00. The Labute approximate surface area is 162 Å². The fourth-order valence-corrected chi connectivity index (χ4v) is 3.54. The number of thioether (sulfide) groups is 1. The molecule has 1 N–H and O–H groups in total. The van der Waals surface area contributed by atoms with Gasteiger partial charge in [0, 0.05) is 7.05 Å². The zero-order valence-corrected chi connectivity index (χ0v) is 17.1. The van der Waals surface area contributed by atoms with Gasteiger partial charge in [-0.15, -0.1) is 5.10 Å². The molecule has 0 saturated heterocycles. The van der Waals surface area contributed by atoms with Crippen molar-refractivity contribution in [2.45, 2.75) is 45.0 Å². The lowest BCUT2D eigenvalue weighted by molar-refractivity contribution is -0.115. The van der Waals surface area contributed by atoms with E-state index in [0.717, 1.165) is 33.9 Å². The molecular formula is C18H23N7OS. The van der Waals surface area contributed by atoms with E-state index in [-0.39, 0.29) is 11.2 Å². The normalized spacial score (nSPS) is 12.2. The molecule has 0 aliphatic heterocycles. The van der Waals surface area contributed by atoms with Crippen LogP contribution in [-0.4, -0.2) is 41.1 Å². The largest absolute Gasteiger partial charge is 0.322 e. The van der Waals surface area contributed by atoms with Crippen LogP contribution in [0.4, 0.5) is 5.69 Å². The Balaban J connectivity index is 1.79. The Kier molecular flexibility index (Phi) is 5.31. The van der Waals surface area contributed by atoms with Crippen molar-refractivity contribution in [3.63, 3.8) is 0 Å². The first-order valence-electron chi connectivity index (χ1n) is 8.61. The topological polar surface area (TPSA) is 90.5 Å². The van der Waals surface area contributed by atoms with Crippen molar-refractivity contribution in [3.05, 3.63) is 40.7 Å². The Morgan fingerprint density at radius 2 is 1.96 bits per heavy atom. The molecule has 1 amide bonds. The number of hydrogen-bond donors (Lipinski definition) is 1. The molecule has 0 aliphatic rings. The first kappa shape index (κ1) is 19.1. The summed E-state index contributed by atoms with van der Waals surface area (Å²) in [5.74, 6) is -0.116. The summed E-state index contributed by atoms with van der Waals surface area (Å²) in [6, 6.07) is 6.11. The number of tetrazole rings is 1. The number of nitrogens with zero attached hydrogens (tertiary/aromatic N) is 6. The lowest BCUT2D eigenvalue weighted by Crippen LogP contribution is -2.23. The number of aromatic nitrogens is 6. The predicted octanol–water partition coefficient (Wildman–Crippen LogP) is 2.75. The van der Waals surface area contributed by atoms with Crippen molar-refractivity contribution in [2.75, 3.05) is 5.32 Å². The van der Waals surface area contributed by atoms with Crippen molar-refractivity contribution in [1.82, 2.24) is 30.0 Å². The Bertz CT molecular complexity index is 992. The van der Waals surface area contributed by atoms with Gasteiger partial charge in [0.1, 0.15) is 0 Å². The molecule has 27 heavy (non-hydrogen) atoms. The summed E-state index contributed by atoms with van der Waals surface area (Å²) in [5, 5.41) is 19.5. The van der Waals surface area contributed by atoms with Crippen LogP contribution in [-0.2, 0) is 11.8 Å². The van der Waals surface area contributed by atoms with E-state index in [2.05, 4.69) is 25.9 Å². The quantitative estimate of drug-likeness (QED) is 0.679. The molecule has 0 unspecified atom stereocenters. The summed E-state index contributed by atoms with van der Waals surface area (Å²) >= 11 is 1.32. The SMILES string of the molecule is Cc1ccc(C)c(-n2nnnc2S[C@H](C)C(=O)Nc2c(C)nn(C)c2C)c1. The van der Waals surface area contributed by atoms with E-state index in [4.69, 9.17) is 0 Å². The maximum Gasteiger partial charge on any atom is 0.237 e. The highest BCUT2D eigenvalue weighted by Crippen LogP contribution is 2.26. The molecule has 9 heteroatoms. The molecule has 2 heterocycles. The number of amides is 1. The van der Waals surface area contributed by atoms with E-state index >= 15 is 0 Å². The summed E-state index contributed by atoms with van der Waals surface area (Å²) in [6.07, 6.45) is 0. The zero-order chi connectivity index (χ0) is 19.7. The average Bonchev–Trinajstić information content (AvgIpc) is 3.16. The predicted molar refractivity (Wildman–Crippen MR) is 105 cm³/mol. The number of hydrogen-bond acceptors (Lipinski definition) is 6. The number of aryl methyl sites for hydroxylation is 4. The third kappa shape index (κ3) is 3.87. The minimum Gasteiger partial charge on any atom is -0.322 e. The molecule has 3 aromatic rings.